The molecule has 0 amide bonds. The molecule has 0 radical (unpaired) electrons. The molecule has 0 fully saturated rings. The number of rotatable bonds is 3. The predicted octanol–water partition coefficient (Wildman–Crippen LogP) is 6.78. The van der Waals surface area contributed by atoms with Gasteiger partial charge in [-0.2, -0.15) is 0 Å². The lowest BCUT2D eigenvalue weighted by molar-refractivity contribution is 1.18. The van der Waals surface area contributed by atoms with Gasteiger partial charge in [-0.3, -0.25) is 0 Å². The van der Waals surface area contributed by atoms with Crippen molar-refractivity contribution in [1.29, 1.82) is 0 Å². The predicted molar refractivity (Wildman–Crippen MR) is 108 cm³/mol. The monoisotopic (exact) mass is 376 g/mol. The van der Waals surface area contributed by atoms with Crippen molar-refractivity contribution < 1.29 is 0 Å². The minimum Gasteiger partial charge on any atom is -0.236 e. The first-order valence-corrected chi connectivity index (χ1v) is 8.90. The molecule has 0 atom stereocenters. The van der Waals surface area contributed by atoms with Gasteiger partial charge in [0.05, 0.1) is 0 Å². The van der Waals surface area contributed by atoms with Crippen molar-refractivity contribution >= 4 is 23.2 Å². The molecule has 4 aromatic rings. The van der Waals surface area contributed by atoms with Gasteiger partial charge in [0.1, 0.15) is 0 Å². The Bertz CT molecular complexity index is 955. The maximum absolute atomic E-state index is 6.27. The summed E-state index contributed by atoms with van der Waals surface area (Å²) in [5.41, 5.74) is 4.84. The molecule has 0 N–H and O–H groups in total. The van der Waals surface area contributed by atoms with E-state index in [2.05, 4.69) is 9.97 Å². The SMILES string of the molecule is Clc1ccccc1-c1ccc(-c2ncc(-c3ccccc3Cl)cn2)cc1. The topological polar surface area (TPSA) is 25.8 Å². The van der Waals surface area contributed by atoms with Gasteiger partial charge in [0.25, 0.3) is 0 Å². The zero-order chi connectivity index (χ0) is 17.9. The third-order valence-electron chi connectivity index (χ3n) is 4.16. The number of nitrogens with zero attached hydrogens (tertiary/aromatic N) is 2. The van der Waals surface area contributed by atoms with E-state index in [9.17, 15) is 0 Å². The first kappa shape index (κ1) is 16.8. The standard InChI is InChI=1S/C22H14Cl2N2/c23-20-7-3-1-5-18(20)15-9-11-16(12-10-15)22-25-13-17(14-26-22)19-6-2-4-8-21(19)24/h1-14H. The van der Waals surface area contributed by atoms with Crippen LogP contribution in [0.25, 0.3) is 33.6 Å². The molecule has 0 aliphatic rings. The summed E-state index contributed by atoms with van der Waals surface area (Å²) in [5.74, 6) is 0.673. The van der Waals surface area contributed by atoms with Gasteiger partial charge in [0, 0.05) is 44.7 Å². The molecule has 26 heavy (non-hydrogen) atoms. The Balaban J connectivity index is 1.62. The highest BCUT2D eigenvalue weighted by molar-refractivity contribution is 6.33. The summed E-state index contributed by atoms with van der Waals surface area (Å²) in [6.45, 7) is 0. The van der Waals surface area contributed by atoms with Crippen LogP contribution in [0.4, 0.5) is 0 Å². The lowest BCUT2D eigenvalue weighted by atomic mass is 10.0. The van der Waals surface area contributed by atoms with Crippen LogP contribution in [0.3, 0.4) is 0 Å². The lowest BCUT2D eigenvalue weighted by Crippen LogP contribution is -1.90. The molecule has 4 rings (SSSR count). The average Bonchev–Trinajstić information content (AvgIpc) is 2.69. The highest BCUT2D eigenvalue weighted by Gasteiger charge is 2.07. The molecule has 0 saturated heterocycles. The summed E-state index contributed by atoms with van der Waals surface area (Å²) in [6.07, 6.45) is 3.59. The van der Waals surface area contributed by atoms with Gasteiger partial charge in [0.2, 0.25) is 0 Å². The Labute approximate surface area is 162 Å². The summed E-state index contributed by atoms with van der Waals surface area (Å²) in [7, 11) is 0. The summed E-state index contributed by atoms with van der Waals surface area (Å²) in [4.78, 5) is 8.98. The number of hydrogen-bond acceptors (Lipinski definition) is 2. The molecule has 3 aromatic carbocycles. The maximum atomic E-state index is 6.27. The van der Waals surface area contributed by atoms with E-state index in [1.165, 1.54) is 0 Å². The second kappa shape index (κ2) is 7.28. The van der Waals surface area contributed by atoms with Crippen molar-refractivity contribution in [2.24, 2.45) is 0 Å². The average molecular weight is 377 g/mol. The molecule has 0 aliphatic carbocycles. The van der Waals surface area contributed by atoms with Crippen molar-refractivity contribution in [3.8, 4) is 33.6 Å². The van der Waals surface area contributed by atoms with E-state index < -0.39 is 0 Å². The van der Waals surface area contributed by atoms with Gasteiger partial charge in [-0.05, 0) is 17.7 Å². The number of aromatic nitrogens is 2. The van der Waals surface area contributed by atoms with Crippen LogP contribution in [-0.4, -0.2) is 9.97 Å². The summed E-state index contributed by atoms with van der Waals surface area (Å²) < 4.78 is 0. The smallest absolute Gasteiger partial charge is 0.159 e. The van der Waals surface area contributed by atoms with Crippen molar-refractivity contribution in [2.45, 2.75) is 0 Å². The summed E-state index contributed by atoms with van der Waals surface area (Å²) in [6, 6.07) is 23.5. The molecule has 126 valence electrons. The van der Waals surface area contributed by atoms with E-state index in [1.54, 1.807) is 12.4 Å². The van der Waals surface area contributed by atoms with E-state index in [0.717, 1.165) is 32.8 Å². The van der Waals surface area contributed by atoms with Crippen LogP contribution >= 0.6 is 23.2 Å². The largest absolute Gasteiger partial charge is 0.236 e. The van der Waals surface area contributed by atoms with Crippen LogP contribution in [0.2, 0.25) is 10.0 Å². The van der Waals surface area contributed by atoms with Gasteiger partial charge in [0.15, 0.2) is 5.82 Å². The van der Waals surface area contributed by atoms with E-state index in [0.29, 0.717) is 10.8 Å². The van der Waals surface area contributed by atoms with E-state index in [1.807, 2.05) is 72.8 Å². The third kappa shape index (κ3) is 3.34. The quantitative estimate of drug-likeness (QED) is 0.393. The van der Waals surface area contributed by atoms with Crippen LogP contribution < -0.4 is 0 Å². The van der Waals surface area contributed by atoms with Crippen molar-refractivity contribution in [3.05, 3.63) is 95.2 Å². The zero-order valence-corrected chi connectivity index (χ0v) is 15.2. The molecular weight excluding hydrogens is 363 g/mol. The molecule has 0 spiro atoms. The normalized spacial score (nSPS) is 10.7. The Hall–Kier alpha value is -2.68. The summed E-state index contributed by atoms with van der Waals surface area (Å²) in [5, 5.41) is 1.42. The van der Waals surface area contributed by atoms with Crippen molar-refractivity contribution in [1.82, 2.24) is 9.97 Å². The van der Waals surface area contributed by atoms with E-state index in [-0.39, 0.29) is 0 Å². The Morgan fingerprint density at radius 3 is 1.50 bits per heavy atom. The van der Waals surface area contributed by atoms with Gasteiger partial charge in [-0.1, -0.05) is 83.9 Å². The van der Waals surface area contributed by atoms with E-state index >= 15 is 0 Å². The molecular formula is C22H14Cl2N2. The van der Waals surface area contributed by atoms with Crippen molar-refractivity contribution in [2.75, 3.05) is 0 Å². The maximum Gasteiger partial charge on any atom is 0.159 e. The number of halogens is 2. The lowest BCUT2D eigenvalue weighted by Gasteiger charge is -2.07. The molecule has 0 aliphatic heterocycles. The first-order valence-electron chi connectivity index (χ1n) is 8.14. The van der Waals surface area contributed by atoms with Gasteiger partial charge in [-0.15, -0.1) is 0 Å². The zero-order valence-electron chi connectivity index (χ0n) is 13.7. The molecule has 0 unspecified atom stereocenters. The van der Waals surface area contributed by atoms with Crippen LogP contribution in [-0.2, 0) is 0 Å². The second-order valence-corrected chi connectivity index (χ2v) is 6.65. The molecule has 0 saturated carbocycles. The Morgan fingerprint density at radius 2 is 0.962 bits per heavy atom. The first-order chi connectivity index (χ1) is 12.7. The number of benzene rings is 3. The molecule has 4 heteroatoms. The Morgan fingerprint density at radius 1 is 0.500 bits per heavy atom. The molecule has 2 nitrogen and oxygen atoms in total. The van der Waals surface area contributed by atoms with Crippen LogP contribution in [0.5, 0.6) is 0 Å². The van der Waals surface area contributed by atoms with Crippen LogP contribution in [0, 0.1) is 0 Å². The van der Waals surface area contributed by atoms with Crippen molar-refractivity contribution in [3.63, 3.8) is 0 Å². The molecule has 0 bridgehead atoms. The molecule has 1 aromatic heterocycles. The summed E-state index contributed by atoms with van der Waals surface area (Å²) >= 11 is 12.5. The second-order valence-electron chi connectivity index (χ2n) is 5.83. The minimum atomic E-state index is 0.673. The fourth-order valence-electron chi connectivity index (χ4n) is 2.81. The number of hydrogen-bond donors (Lipinski definition) is 0. The third-order valence-corrected chi connectivity index (χ3v) is 4.82. The Kier molecular flexibility index (Phi) is 4.70. The van der Waals surface area contributed by atoms with Crippen LogP contribution in [0.15, 0.2) is 85.2 Å². The molecule has 1 heterocycles. The fourth-order valence-corrected chi connectivity index (χ4v) is 3.30. The highest BCUT2D eigenvalue weighted by atomic mass is 35.5. The van der Waals surface area contributed by atoms with Gasteiger partial charge >= 0.3 is 0 Å². The van der Waals surface area contributed by atoms with Gasteiger partial charge < -0.3 is 0 Å². The van der Waals surface area contributed by atoms with Gasteiger partial charge in [-0.25, -0.2) is 9.97 Å². The highest BCUT2D eigenvalue weighted by Crippen LogP contribution is 2.30. The van der Waals surface area contributed by atoms with E-state index in [4.69, 9.17) is 23.2 Å². The fraction of sp³-hybridized carbons (Fsp3) is 0. The minimum absolute atomic E-state index is 0.673. The van der Waals surface area contributed by atoms with Crippen LogP contribution in [0.1, 0.15) is 0 Å².